The Morgan fingerprint density at radius 3 is 2.64 bits per heavy atom. The second-order valence-electron chi connectivity index (χ2n) is 3.65. The SMILES string of the molecule is CCCCc1cc(C)cc(N)c1OC. The minimum absolute atomic E-state index is 0.749. The molecule has 0 spiro atoms. The van der Waals surface area contributed by atoms with Crippen LogP contribution in [0.25, 0.3) is 0 Å². The summed E-state index contributed by atoms with van der Waals surface area (Å²) >= 11 is 0. The van der Waals surface area contributed by atoms with Crippen LogP contribution in [0.5, 0.6) is 5.75 Å². The first kappa shape index (κ1) is 10.9. The number of rotatable bonds is 4. The molecule has 1 rings (SSSR count). The number of hydrogen-bond acceptors (Lipinski definition) is 2. The van der Waals surface area contributed by atoms with Crippen molar-refractivity contribution in [1.82, 2.24) is 0 Å². The van der Waals surface area contributed by atoms with Gasteiger partial charge in [0.1, 0.15) is 5.75 Å². The maximum Gasteiger partial charge on any atom is 0.144 e. The lowest BCUT2D eigenvalue weighted by Gasteiger charge is -2.11. The number of anilines is 1. The molecule has 78 valence electrons. The first-order valence-corrected chi connectivity index (χ1v) is 5.12. The molecule has 0 saturated heterocycles. The van der Waals surface area contributed by atoms with E-state index < -0.39 is 0 Å². The van der Waals surface area contributed by atoms with Crippen molar-refractivity contribution in [2.45, 2.75) is 33.1 Å². The molecule has 0 heterocycles. The van der Waals surface area contributed by atoms with Gasteiger partial charge in [-0.25, -0.2) is 0 Å². The van der Waals surface area contributed by atoms with Crippen LogP contribution >= 0.6 is 0 Å². The van der Waals surface area contributed by atoms with Crippen molar-refractivity contribution in [3.8, 4) is 5.75 Å². The van der Waals surface area contributed by atoms with E-state index in [-0.39, 0.29) is 0 Å². The molecule has 2 nitrogen and oxygen atoms in total. The lowest BCUT2D eigenvalue weighted by atomic mass is 10.0. The molecular formula is C12H19NO. The van der Waals surface area contributed by atoms with E-state index in [0.29, 0.717) is 0 Å². The second-order valence-corrected chi connectivity index (χ2v) is 3.65. The zero-order valence-corrected chi connectivity index (χ0v) is 9.26. The van der Waals surface area contributed by atoms with Gasteiger partial charge in [0.15, 0.2) is 0 Å². The van der Waals surface area contributed by atoms with Gasteiger partial charge in [-0.3, -0.25) is 0 Å². The highest BCUT2D eigenvalue weighted by Crippen LogP contribution is 2.28. The maximum atomic E-state index is 5.88. The van der Waals surface area contributed by atoms with Crippen molar-refractivity contribution in [3.05, 3.63) is 23.3 Å². The van der Waals surface area contributed by atoms with E-state index in [9.17, 15) is 0 Å². The van der Waals surface area contributed by atoms with Crippen molar-refractivity contribution in [3.63, 3.8) is 0 Å². The summed E-state index contributed by atoms with van der Waals surface area (Å²) in [5.41, 5.74) is 9.06. The summed E-state index contributed by atoms with van der Waals surface area (Å²) in [4.78, 5) is 0. The number of hydrogen-bond donors (Lipinski definition) is 1. The normalized spacial score (nSPS) is 10.2. The third kappa shape index (κ3) is 2.41. The minimum Gasteiger partial charge on any atom is -0.494 e. The van der Waals surface area contributed by atoms with Crippen LogP contribution in [0.4, 0.5) is 5.69 Å². The van der Waals surface area contributed by atoms with Gasteiger partial charge >= 0.3 is 0 Å². The summed E-state index contributed by atoms with van der Waals surface area (Å²) in [6.45, 7) is 4.25. The molecule has 0 bridgehead atoms. The van der Waals surface area contributed by atoms with E-state index >= 15 is 0 Å². The van der Waals surface area contributed by atoms with Crippen molar-refractivity contribution >= 4 is 5.69 Å². The van der Waals surface area contributed by atoms with Gasteiger partial charge in [0.05, 0.1) is 12.8 Å². The molecule has 0 aliphatic heterocycles. The minimum atomic E-state index is 0.749. The fourth-order valence-corrected chi connectivity index (χ4v) is 1.68. The molecule has 0 atom stereocenters. The molecule has 0 aliphatic rings. The van der Waals surface area contributed by atoms with E-state index in [0.717, 1.165) is 17.9 Å². The van der Waals surface area contributed by atoms with Crippen molar-refractivity contribution in [2.75, 3.05) is 12.8 Å². The fraction of sp³-hybridized carbons (Fsp3) is 0.500. The quantitative estimate of drug-likeness (QED) is 0.746. The fourth-order valence-electron chi connectivity index (χ4n) is 1.68. The summed E-state index contributed by atoms with van der Waals surface area (Å²) in [6.07, 6.45) is 3.42. The summed E-state index contributed by atoms with van der Waals surface area (Å²) in [5.74, 6) is 0.851. The Morgan fingerprint density at radius 1 is 1.36 bits per heavy atom. The molecule has 0 radical (unpaired) electrons. The van der Waals surface area contributed by atoms with Gasteiger partial charge in [0.25, 0.3) is 0 Å². The molecule has 0 unspecified atom stereocenters. The third-order valence-corrected chi connectivity index (χ3v) is 2.34. The summed E-state index contributed by atoms with van der Waals surface area (Å²) in [5, 5.41) is 0. The van der Waals surface area contributed by atoms with Gasteiger partial charge in [0, 0.05) is 0 Å². The maximum absolute atomic E-state index is 5.88. The Labute approximate surface area is 86.1 Å². The monoisotopic (exact) mass is 193 g/mol. The molecule has 1 aromatic carbocycles. The molecule has 14 heavy (non-hydrogen) atoms. The molecule has 0 aliphatic carbocycles. The first-order chi connectivity index (χ1) is 6.69. The van der Waals surface area contributed by atoms with E-state index in [2.05, 4.69) is 19.9 Å². The number of ether oxygens (including phenoxy) is 1. The van der Waals surface area contributed by atoms with Crippen LogP contribution in [-0.4, -0.2) is 7.11 Å². The number of nitrogen functional groups attached to an aromatic ring is 1. The molecule has 0 fully saturated rings. The van der Waals surface area contributed by atoms with E-state index in [1.54, 1.807) is 7.11 Å². The van der Waals surface area contributed by atoms with Crippen LogP contribution in [0.2, 0.25) is 0 Å². The zero-order valence-electron chi connectivity index (χ0n) is 9.26. The van der Waals surface area contributed by atoms with Gasteiger partial charge in [0.2, 0.25) is 0 Å². The Kier molecular flexibility index (Phi) is 3.81. The van der Waals surface area contributed by atoms with Crippen LogP contribution in [0.15, 0.2) is 12.1 Å². The smallest absolute Gasteiger partial charge is 0.144 e. The van der Waals surface area contributed by atoms with Gasteiger partial charge in [-0.1, -0.05) is 19.4 Å². The summed E-state index contributed by atoms with van der Waals surface area (Å²) in [7, 11) is 1.68. The number of nitrogens with two attached hydrogens (primary N) is 1. The van der Waals surface area contributed by atoms with Gasteiger partial charge in [-0.15, -0.1) is 0 Å². The predicted octanol–water partition coefficient (Wildman–Crippen LogP) is 2.93. The topological polar surface area (TPSA) is 35.2 Å². The Balaban J connectivity index is 2.99. The largest absolute Gasteiger partial charge is 0.494 e. The highest BCUT2D eigenvalue weighted by molar-refractivity contribution is 5.58. The molecule has 0 amide bonds. The molecule has 0 saturated carbocycles. The summed E-state index contributed by atoms with van der Waals surface area (Å²) < 4.78 is 5.30. The highest BCUT2D eigenvalue weighted by atomic mass is 16.5. The van der Waals surface area contributed by atoms with Crippen molar-refractivity contribution < 1.29 is 4.74 Å². The third-order valence-electron chi connectivity index (χ3n) is 2.34. The van der Waals surface area contributed by atoms with Crippen molar-refractivity contribution in [2.24, 2.45) is 0 Å². The van der Waals surface area contributed by atoms with Crippen LogP contribution in [0.1, 0.15) is 30.9 Å². The molecule has 1 aromatic rings. The molecule has 0 aromatic heterocycles. The van der Waals surface area contributed by atoms with Gasteiger partial charge in [-0.05, 0) is 37.0 Å². The van der Waals surface area contributed by atoms with Crippen LogP contribution in [0.3, 0.4) is 0 Å². The number of benzene rings is 1. The Hall–Kier alpha value is -1.18. The highest BCUT2D eigenvalue weighted by Gasteiger charge is 2.07. The average molecular weight is 193 g/mol. The van der Waals surface area contributed by atoms with Crippen LogP contribution in [0, 0.1) is 6.92 Å². The zero-order chi connectivity index (χ0) is 10.6. The van der Waals surface area contributed by atoms with E-state index in [4.69, 9.17) is 10.5 Å². The number of methoxy groups -OCH3 is 1. The lowest BCUT2D eigenvalue weighted by Crippen LogP contribution is -1.98. The average Bonchev–Trinajstić information content (AvgIpc) is 2.14. The van der Waals surface area contributed by atoms with Gasteiger partial charge in [-0.2, -0.15) is 0 Å². The van der Waals surface area contributed by atoms with E-state index in [1.807, 2.05) is 6.07 Å². The van der Waals surface area contributed by atoms with Gasteiger partial charge < -0.3 is 10.5 Å². The molecule has 2 heteroatoms. The molecule has 2 N–H and O–H groups in total. The molecular weight excluding hydrogens is 174 g/mol. The van der Waals surface area contributed by atoms with E-state index in [1.165, 1.54) is 24.0 Å². The number of unbranched alkanes of at least 4 members (excludes halogenated alkanes) is 1. The predicted molar refractivity (Wildman–Crippen MR) is 60.8 cm³/mol. The second kappa shape index (κ2) is 4.89. The lowest BCUT2D eigenvalue weighted by molar-refractivity contribution is 0.411. The summed E-state index contributed by atoms with van der Waals surface area (Å²) in [6, 6.07) is 4.11. The van der Waals surface area contributed by atoms with Crippen LogP contribution < -0.4 is 10.5 Å². The standard InChI is InChI=1S/C12H19NO/c1-4-5-6-10-7-9(2)8-11(13)12(10)14-3/h7-8H,4-6,13H2,1-3H3. The Morgan fingerprint density at radius 2 is 2.07 bits per heavy atom. The van der Waals surface area contributed by atoms with Crippen LogP contribution in [-0.2, 0) is 6.42 Å². The Bertz CT molecular complexity index is 307. The van der Waals surface area contributed by atoms with Crippen molar-refractivity contribution in [1.29, 1.82) is 0 Å². The first-order valence-electron chi connectivity index (χ1n) is 5.12. The number of aryl methyl sites for hydroxylation is 2.